The molecule has 1 aromatic rings. The molecule has 0 aliphatic carbocycles. The third-order valence-corrected chi connectivity index (χ3v) is 5.72. The Labute approximate surface area is 161 Å². The van der Waals surface area contributed by atoms with Gasteiger partial charge < -0.3 is 10.2 Å². The van der Waals surface area contributed by atoms with Crippen LogP contribution >= 0.6 is 11.8 Å². The summed E-state index contributed by atoms with van der Waals surface area (Å²) >= 11 is 1.68. The second kappa shape index (κ2) is 8.91. The van der Waals surface area contributed by atoms with Gasteiger partial charge in [-0.1, -0.05) is 39.0 Å². The van der Waals surface area contributed by atoms with Crippen molar-refractivity contribution in [2.45, 2.75) is 39.4 Å². The number of nitrogens with zero attached hydrogens (tertiary/aromatic N) is 2. The van der Waals surface area contributed by atoms with Crippen LogP contribution in [0.25, 0.3) is 0 Å². The summed E-state index contributed by atoms with van der Waals surface area (Å²) in [6.07, 6.45) is 0. The van der Waals surface area contributed by atoms with Gasteiger partial charge in [-0.25, -0.2) is 0 Å². The quantitative estimate of drug-likeness (QED) is 0.857. The monoisotopic (exact) mass is 377 g/mol. The number of hydrogen-bond donors (Lipinski definition) is 1. The van der Waals surface area contributed by atoms with E-state index in [0.29, 0.717) is 25.4 Å². The molecule has 1 saturated heterocycles. The van der Waals surface area contributed by atoms with Crippen LogP contribution in [0.4, 0.5) is 5.69 Å². The molecule has 0 atom stereocenters. The van der Waals surface area contributed by atoms with Crippen molar-refractivity contribution >= 4 is 29.3 Å². The van der Waals surface area contributed by atoms with Crippen molar-refractivity contribution in [2.75, 3.05) is 43.8 Å². The molecule has 5 nitrogen and oxygen atoms in total. The molecule has 1 aliphatic heterocycles. The van der Waals surface area contributed by atoms with Gasteiger partial charge in [-0.3, -0.25) is 14.5 Å². The van der Waals surface area contributed by atoms with E-state index in [2.05, 4.69) is 31.0 Å². The first-order chi connectivity index (χ1) is 12.2. The van der Waals surface area contributed by atoms with Gasteiger partial charge in [0, 0.05) is 36.6 Å². The maximum absolute atomic E-state index is 12.4. The number of para-hydroxylation sites is 1. The Balaban J connectivity index is 1.78. The highest BCUT2D eigenvalue weighted by atomic mass is 32.2. The molecule has 144 valence electrons. The Kier molecular flexibility index (Phi) is 7.12. The van der Waals surface area contributed by atoms with Crippen molar-refractivity contribution in [1.29, 1.82) is 0 Å². The molecule has 2 amide bonds. The van der Waals surface area contributed by atoms with Gasteiger partial charge >= 0.3 is 0 Å². The average Bonchev–Trinajstić information content (AvgIpc) is 2.56. The Morgan fingerprint density at radius 2 is 1.65 bits per heavy atom. The van der Waals surface area contributed by atoms with E-state index < -0.39 is 0 Å². The number of benzene rings is 1. The number of nitrogens with one attached hydrogen (secondary N) is 1. The molecule has 6 heteroatoms. The highest BCUT2D eigenvalue weighted by Crippen LogP contribution is 2.23. The van der Waals surface area contributed by atoms with Crippen LogP contribution < -0.4 is 5.32 Å². The van der Waals surface area contributed by atoms with E-state index >= 15 is 0 Å². The number of hydrogen-bond acceptors (Lipinski definition) is 4. The van der Waals surface area contributed by atoms with Gasteiger partial charge in [0.05, 0.1) is 12.3 Å². The molecule has 1 aliphatic rings. The zero-order valence-corrected chi connectivity index (χ0v) is 17.4. The summed E-state index contributed by atoms with van der Waals surface area (Å²) in [5.74, 6) is 0.728. The second-order valence-corrected chi connectivity index (χ2v) is 9.68. The van der Waals surface area contributed by atoms with E-state index in [0.717, 1.165) is 29.9 Å². The minimum Gasteiger partial charge on any atom is -0.339 e. The van der Waals surface area contributed by atoms with Crippen molar-refractivity contribution in [1.82, 2.24) is 9.80 Å². The molecule has 0 radical (unpaired) electrons. The predicted molar refractivity (Wildman–Crippen MR) is 110 cm³/mol. The first-order valence-corrected chi connectivity index (χ1v) is 10.1. The van der Waals surface area contributed by atoms with Crippen LogP contribution in [0.3, 0.4) is 0 Å². The standard InChI is InChI=1S/C20H31N3O2S/c1-15-7-6-8-16(2)19(15)21-17(24)13-22-9-11-23(12-10-22)18(25)14-26-20(3,4)5/h6-8H,9-14H2,1-5H3,(H,21,24). The number of amides is 2. The Bertz CT molecular complexity index is 627. The highest BCUT2D eigenvalue weighted by molar-refractivity contribution is 8.01. The van der Waals surface area contributed by atoms with Crippen LogP contribution in [0, 0.1) is 13.8 Å². The lowest BCUT2D eigenvalue weighted by molar-refractivity contribution is -0.130. The maximum atomic E-state index is 12.4. The van der Waals surface area contributed by atoms with E-state index in [1.165, 1.54) is 0 Å². The third kappa shape index (κ3) is 6.32. The number of piperazine rings is 1. The van der Waals surface area contributed by atoms with Crippen LogP contribution in [-0.2, 0) is 9.59 Å². The molecule has 1 heterocycles. The molecule has 0 bridgehead atoms. The molecule has 0 unspecified atom stereocenters. The highest BCUT2D eigenvalue weighted by Gasteiger charge is 2.24. The summed E-state index contributed by atoms with van der Waals surface area (Å²) in [4.78, 5) is 28.7. The minimum atomic E-state index is 0.00506. The Morgan fingerprint density at radius 3 is 2.19 bits per heavy atom. The number of carbonyl (C=O) groups is 2. The fourth-order valence-corrected chi connectivity index (χ4v) is 3.66. The molecular weight excluding hydrogens is 346 g/mol. The van der Waals surface area contributed by atoms with Crippen LogP contribution in [-0.4, -0.2) is 64.8 Å². The lowest BCUT2D eigenvalue weighted by Crippen LogP contribution is -2.51. The van der Waals surface area contributed by atoms with Gasteiger partial charge in [-0.2, -0.15) is 0 Å². The molecule has 2 rings (SSSR count). The lowest BCUT2D eigenvalue weighted by atomic mass is 10.1. The smallest absolute Gasteiger partial charge is 0.238 e. The maximum Gasteiger partial charge on any atom is 0.238 e. The van der Waals surface area contributed by atoms with Crippen LogP contribution in [0.15, 0.2) is 18.2 Å². The number of anilines is 1. The fraction of sp³-hybridized carbons (Fsp3) is 0.600. The predicted octanol–water partition coefficient (Wildman–Crippen LogP) is 2.92. The van der Waals surface area contributed by atoms with Gasteiger partial charge in [0.1, 0.15) is 0 Å². The van der Waals surface area contributed by atoms with Gasteiger partial charge in [0.15, 0.2) is 0 Å². The zero-order valence-electron chi connectivity index (χ0n) is 16.6. The first kappa shape index (κ1) is 20.8. The Morgan fingerprint density at radius 1 is 1.08 bits per heavy atom. The van der Waals surface area contributed by atoms with E-state index in [9.17, 15) is 9.59 Å². The normalized spacial score (nSPS) is 15.8. The Hall–Kier alpha value is -1.53. The van der Waals surface area contributed by atoms with Gasteiger partial charge in [0.2, 0.25) is 11.8 Å². The average molecular weight is 378 g/mol. The largest absolute Gasteiger partial charge is 0.339 e. The molecule has 26 heavy (non-hydrogen) atoms. The summed E-state index contributed by atoms with van der Waals surface area (Å²) in [5.41, 5.74) is 3.06. The topological polar surface area (TPSA) is 52.7 Å². The number of rotatable bonds is 5. The molecule has 1 aromatic carbocycles. The van der Waals surface area contributed by atoms with Crippen molar-refractivity contribution in [3.05, 3.63) is 29.3 Å². The van der Waals surface area contributed by atoms with Crippen LogP contribution in [0.1, 0.15) is 31.9 Å². The van der Waals surface area contributed by atoms with E-state index in [1.54, 1.807) is 11.8 Å². The fourth-order valence-electron chi connectivity index (χ4n) is 2.92. The summed E-state index contributed by atoms with van der Waals surface area (Å²) in [6, 6.07) is 6.00. The van der Waals surface area contributed by atoms with Crippen molar-refractivity contribution in [3.63, 3.8) is 0 Å². The lowest BCUT2D eigenvalue weighted by Gasteiger charge is -2.34. The van der Waals surface area contributed by atoms with Gasteiger partial charge in [-0.05, 0) is 25.0 Å². The molecule has 0 spiro atoms. The number of carbonyl (C=O) groups excluding carboxylic acids is 2. The summed E-state index contributed by atoms with van der Waals surface area (Å²) in [5, 5.41) is 3.03. The SMILES string of the molecule is Cc1cccc(C)c1NC(=O)CN1CCN(C(=O)CSC(C)(C)C)CC1. The van der Waals surface area contributed by atoms with E-state index in [4.69, 9.17) is 0 Å². The molecule has 0 saturated carbocycles. The van der Waals surface area contributed by atoms with Crippen molar-refractivity contribution in [3.8, 4) is 0 Å². The van der Waals surface area contributed by atoms with Crippen molar-refractivity contribution in [2.24, 2.45) is 0 Å². The van der Waals surface area contributed by atoms with E-state index in [-0.39, 0.29) is 16.6 Å². The molecule has 0 aromatic heterocycles. The summed E-state index contributed by atoms with van der Waals surface area (Å²) in [6.45, 7) is 13.6. The minimum absolute atomic E-state index is 0.00506. The summed E-state index contributed by atoms with van der Waals surface area (Å²) < 4.78 is 0.100. The number of aryl methyl sites for hydroxylation is 2. The van der Waals surface area contributed by atoms with Gasteiger partial charge in [0.25, 0.3) is 0 Å². The summed E-state index contributed by atoms with van der Waals surface area (Å²) in [7, 11) is 0. The van der Waals surface area contributed by atoms with Crippen molar-refractivity contribution < 1.29 is 9.59 Å². The van der Waals surface area contributed by atoms with Gasteiger partial charge in [-0.15, -0.1) is 11.8 Å². The van der Waals surface area contributed by atoms with E-state index in [1.807, 2.05) is 36.9 Å². The molecule has 1 N–H and O–H groups in total. The first-order valence-electron chi connectivity index (χ1n) is 9.16. The molecule has 1 fully saturated rings. The zero-order chi connectivity index (χ0) is 19.3. The third-order valence-electron chi connectivity index (χ3n) is 4.47. The number of thioether (sulfide) groups is 1. The second-order valence-electron chi connectivity index (χ2n) is 7.87. The van der Waals surface area contributed by atoms with Crippen LogP contribution in [0.5, 0.6) is 0 Å². The molecular formula is C20H31N3O2S. The van der Waals surface area contributed by atoms with Crippen LogP contribution in [0.2, 0.25) is 0 Å².